The number of nitrogens with one attached hydrogen (secondary N) is 1. The maximum absolute atomic E-state index is 12.7. The number of hydrogen-bond acceptors (Lipinski definition) is 4. The van der Waals surface area contributed by atoms with Crippen LogP contribution >= 0.6 is 0 Å². The highest BCUT2D eigenvalue weighted by molar-refractivity contribution is 5.94. The first kappa shape index (κ1) is 18.3. The van der Waals surface area contributed by atoms with Crippen molar-refractivity contribution in [2.45, 2.75) is 13.3 Å². The van der Waals surface area contributed by atoms with Gasteiger partial charge in [-0.3, -0.25) is 4.79 Å². The summed E-state index contributed by atoms with van der Waals surface area (Å²) >= 11 is 0. The van der Waals surface area contributed by atoms with Crippen LogP contribution in [-0.4, -0.2) is 39.3 Å². The Morgan fingerprint density at radius 3 is 2.62 bits per heavy atom. The number of morpholine rings is 1. The highest BCUT2D eigenvalue weighted by atomic mass is 16.5. The number of hydrogen-bond donors (Lipinski definition) is 1. The van der Waals surface area contributed by atoms with E-state index in [2.05, 4.69) is 10.2 Å². The van der Waals surface area contributed by atoms with Gasteiger partial charge in [0.25, 0.3) is 0 Å². The molecule has 1 amide bonds. The number of ether oxygens (including phenoxy) is 2. The highest BCUT2D eigenvalue weighted by Gasteiger charge is 2.18. The molecule has 0 aliphatic carbocycles. The van der Waals surface area contributed by atoms with Gasteiger partial charge in [0.1, 0.15) is 5.75 Å². The summed E-state index contributed by atoms with van der Waals surface area (Å²) in [5.41, 5.74) is 2.94. The number of methoxy groups -OCH3 is 1. The van der Waals surface area contributed by atoms with E-state index in [-0.39, 0.29) is 11.8 Å². The van der Waals surface area contributed by atoms with Crippen molar-refractivity contribution in [3.63, 3.8) is 0 Å². The summed E-state index contributed by atoms with van der Waals surface area (Å²) < 4.78 is 10.8. The molecule has 1 aliphatic rings. The molecule has 1 heterocycles. The lowest BCUT2D eigenvalue weighted by Crippen LogP contribution is -2.36. The van der Waals surface area contributed by atoms with E-state index in [9.17, 15) is 4.79 Å². The molecule has 1 atom stereocenters. The molecule has 0 radical (unpaired) electrons. The maximum Gasteiger partial charge on any atom is 0.227 e. The van der Waals surface area contributed by atoms with Crippen molar-refractivity contribution in [1.29, 1.82) is 0 Å². The normalized spacial score (nSPS) is 15.4. The standard InChI is InChI=1S/C21H26N2O3/c1-16(14-17-6-4-3-5-7-17)21(24)22-19-15-18(8-9-20(19)25-2)23-10-12-26-13-11-23/h3-9,15-16H,10-14H2,1-2H3,(H,22,24). The van der Waals surface area contributed by atoms with Gasteiger partial charge in [-0.05, 0) is 30.2 Å². The Labute approximate surface area is 154 Å². The Bertz CT molecular complexity index is 727. The third kappa shape index (κ3) is 4.55. The van der Waals surface area contributed by atoms with Crippen molar-refractivity contribution in [2.24, 2.45) is 5.92 Å². The molecule has 138 valence electrons. The van der Waals surface area contributed by atoms with Gasteiger partial charge in [0, 0.05) is 24.7 Å². The molecule has 5 nitrogen and oxygen atoms in total. The molecule has 1 fully saturated rings. The highest BCUT2D eigenvalue weighted by Crippen LogP contribution is 2.30. The largest absolute Gasteiger partial charge is 0.495 e. The molecule has 3 rings (SSSR count). The average molecular weight is 354 g/mol. The average Bonchev–Trinajstić information content (AvgIpc) is 2.69. The summed E-state index contributed by atoms with van der Waals surface area (Å²) in [4.78, 5) is 14.9. The van der Waals surface area contributed by atoms with Crippen molar-refractivity contribution in [3.05, 3.63) is 54.1 Å². The zero-order valence-corrected chi connectivity index (χ0v) is 15.4. The first-order valence-electron chi connectivity index (χ1n) is 9.03. The lowest BCUT2D eigenvalue weighted by Gasteiger charge is -2.29. The summed E-state index contributed by atoms with van der Waals surface area (Å²) in [6.45, 7) is 5.10. The van der Waals surface area contributed by atoms with Crippen molar-refractivity contribution in [3.8, 4) is 5.75 Å². The third-order valence-corrected chi connectivity index (χ3v) is 4.65. The molecule has 0 spiro atoms. The van der Waals surface area contributed by atoms with Gasteiger partial charge >= 0.3 is 0 Å². The van der Waals surface area contributed by atoms with Crippen LogP contribution in [0.2, 0.25) is 0 Å². The minimum absolute atomic E-state index is 0.00807. The van der Waals surface area contributed by atoms with E-state index >= 15 is 0 Å². The fourth-order valence-corrected chi connectivity index (χ4v) is 3.13. The first-order valence-corrected chi connectivity index (χ1v) is 9.03. The van der Waals surface area contributed by atoms with Crippen LogP contribution < -0.4 is 15.0 Å². The summed E-state index contributed by atoms with van der Waals surface area (Å²) in [5.74, 6) is 0.530. The lowest BCUT2D eigenvalue weighted by molar-refractivity contribution is -0.119. The Hall–Kier alpha value is -2.53. The van der Waals surface area contributed by atoms with Gasteiger partial charge < -0.3 is 19.7 Å². The van der Waals surface area contributed by atoms with Gasteiger partial charge in [0.2, 0.25) is 5.91 Å². The van der Waals surface area contributed by atoms with Gasteiger partial charge in [-0.15, -0.1) is 0 Å². The molecule has 1 N–H and O–H groups in total. The van der Waals surface area contributed by atoms with Crippen molar-refractivity contribution in [2.75, 3.05) is 43.6 Å². The van der Waals surface area contributed by atoms with Crippen LogP contribution in [0.5, 0.6) is 5.75 Å². The predicted molar refractivity (Wildman–Crippen MR) is 104 cm³/mol. The smallest absolute Gasteiger partial charge is 0.227 e. The molecule has 0 aromatic heterocycles. The van der Waals surface area contributed by atoms with Gasteiger partial charge in [-0.25, -0.2) is 0 Å². The van der Waals surface area contributed by atoms with E-state index in [1.807, 2.05) is 55.5 Å². The molecular weight excluding hydrogens is 328 g/mol. The van der Waals surface area contributed by atoms with Crippen LogP contribution in [0.15, 0.2) is 48.5 Å². The van der Waals surface area contributed by atoms with E-state index in [0.717, 1.165) is 37.6 Å². The molecule has 5 heteroatoms. The van der Waals surface area contributed by atoms with Crippen LogP contribution in [0.25, 0.3) is 0 Å². The molecule has 1 aliphatic heterocycles. The lowest BCUT2D eigenvalue weighted by atomic mass is 10.0. The molecule has 1 saturated heterocycles. The fraction of sp³-hybridized carbons (Fsp3) is 0.381. The summed E-state index contributed by atoms with van der Waals surface area (Å²) in [5, 5.41) is 3.04. The van der Waals surface area contributed by atoms with Crippen LogP contribution in [0.3, 0.4) is 0 Å². The van der Waals surface area contributed by atoms with E-state index in [1.54, 1.807) is 7.11 Å². The molecular formula is C21H26N2O3. The number of benzene rings is 2. The first-order chi connectivity index (χ1) is 12.7. The summed E-state index contributed by atoms with van der Waals surface area (Å²) in [6.07, 6.45) is 0.706. The number of anilines is 2. The summed E-state index contributed by atoms with van der Waals surface area (Å²) in [7, 11) is 1.62. The number of carbonyl (C=O) groups excluding carboxylic acids is 1. The van der Waals surface area contributed by atoms with Crippen molar-refractivity contribution in [1.82, 2.24) is 0 Å². The molecule has 1 unspecified atom stereocenters. The third-order valence-electron chi connectivity index (χ3n) is 4.65. The van der Waals surface area contributed by atoms with E-state index < -0.39 is 0 Å². The fourth-order valence-electron chi connectivity index (χ4n) is 3.13. The number of carbonyl (C=O) groups is 1. The monoisotopic (exact) mass is 354 g/mol. The van der Waals surface area contributed by atoms with Crippen LogP contribution in [0.1, 0.15) is 12.5 Å². The Morgan fingerprint density at radius 2 is 1.92 bits per heavy atom. The van der Waals surface area contributed by atoms with Gasteiger partial charge in [-0.1, -0.05) is 37.3 Å². The van der Waals surface area contributed by atoms with Crippen LogP contribution in [0.4, 0.5) is 11.4 Å². The quantitative estimate of drug-likeness (QED) is 0.864. The van der Waals surface area contributed by atoms with E-state index in [4.69, 9.17) is 9.47 Å². The molecule has 2 aromatic rings. The van der Waals surface area contributed by atoms with E-state index in [0.29, 0.717) is 17.9 Å². The Morgan fingerprint density at radius 1 is 1.19 bits per heavy atom. The van der Waals surface area contributed by atoms with Gasteiger partial charge in [-0.2, -0.15) is 0 Å². The number of nitrogens with zero attached hydrogens (tertiary/aromatic N) is 1. The topological polar surface area (TPSA) is 50.8 Å². The second-order valence-corrected chi connectivity index (χ2v) is 6.56. The maximum atomic E-state index is 12.7. The molecule has 2 aromatic carbocycles. The predicted octanol–water partition coefficient (Wildman–Crippen LogP) is 3.35. The second kappa shape index (κ2) is 8.72. The summed E-state index contributed by atoms with van der Waals surface area (Å²) in [6, 6.07) is 16.0. The minimum Gasteiger partial charge on any atom is -0.495 e. The number of rotatable bonds is 6. The number of amides is 1. The molecule has 0 saturated carbocycles. The molecule has 0 bridgehead atoms. The van der Waals surface area contributed by atoms with Gasteiger partial charge in [0.05, 0.1) is 26.0 Å². The van der Waals surface area contributed by atoms with Crippen molar-refractivity contribution >= 4 is 17.3 Å². The second-order valence-electron chi connectivity index (χ2n) is 6.56. The molecule has 26 heavy (non-hydrogen) atoms. The van der Waals surface area contributed by atoms with Crippen molar-refractivity contribution < 1.29 is 14.3 Å². The van der Waals surface area contributed by atoms with Gasteiger partial charge in [0.15, 0.2) is 0 Å². The zero-order valence-electron chi connectivity index (χ0n) is 15.4. The minimum atomic E-state index is -0.130. The Balaban J connectivity index is 1.71. The SMILES string of the molecule is COc1ccc(N2CCOCC2)cc1NC(=O)C(C)Cc1ccccc1. The van der Waals surface area contributed by atoms with Crippen LogP contribution in [-0.2, 0) is 16.0 Å². The zero-order chi connectivity index (χ0) is 18.4. The van der Waals surface area contributed by atoms with E-state index in [1.165, 1.54) is 0 Å². The van der Waals surface area contributed by atoms with Crippen LogP contribution in [0, 0.1) is 5.92 Å². The Kier molecular flexibility index (Phi) is 6.12.